The molecule has 10 heavy (non-hydrogen) atoms. The molecule has 0 aliphatic rings. The van der Waals surface area contributed by atoms with E-state index >= 15 is 0 Å². The van der Waals surface area contributed by atoms with Gasteiger partial charge in [-0.1, -0.05) is 12.5 Å². The first kappa shape index (κ1) is 9.18. The van der Waals surface area contributed by atoms with E-state index in [1.165, 1.54) is 6.42 Å². The van der Waals surface area contributed by atoms with E-state index in [0.717, 1.165) is 5.56 Å². The van der Waals surface area contributed by atoms with Crippen molar-refractivity contribution in [2.24, 2.45) is 0 Å². The molecular weight excluding hydrogens is 117 g/mol. The molecule has 0 aromatic heterocycles. The number of nitriles is 1. The van der Waals surface area contributed by atoms with Crippen LogP contribution in [0.1, 0.15) is 5.56 Å². The summed E-state index contributed by atoms with van der Waals surface area (Å²) in [5.74, 6) is 0. The van der Waals surface area contributed by atoms with Crippen molar-refractivity contribution >= 4 is 0 Å². The fraction of sp³-hybridized carbons (Fsp3) is 0. The second-order valence-corrected chi connectivity index (χ2v) is 1.68. The van der Waals surface area contributed by atoms with Crippen LogP contribution in [0.25, 0.3) is 0 Å². The smallest absolute Gasteiger partial charge is 0.208 e. The SMILES string of the molecule is N#C[CH-]c1ccccc1.[Li+]. The van der Waals surface area contributed by atoms with Crippen LogP contribution in [0.5, 0.6) is 0 Å². The Labute approximate surface area is 72.9 Å². The Morgan fingerprint density at radius 2 is 1.80 bits per heavy atom. The molecule has 0 radical (unpaired) electrons. The minimum absolute atomic E-state index is 0. The summed E-state index contributed by atoms with van der Waals surface area (Å²) in [5.41, 5.74) is 0.958. The summed E-state index contributed by atoms with van der Waals surface area (Å²) >= 11 is 0. The summed E-state index contributed by atoms with van der Waals surface area (Å²) in [5, 5.41) is 8.21. The Morgan fingerprint density at radius 1 is 1.20 bits per heavy atom. The van der Waals surface area contributed by atoms with Crippen LogP contribution in [-0.2, 0) is 0 Å². The molecule has 44 valence electrons. The third kappa shape index (κ3) is 2.64. The molecule has 0 bridgehead atoms. The summed E-state index contributed by atoms with van der Waals surface area (Å²) in [6.07, 6.45) is 1.51. The van der Waals surface area contributed by atoms with Gasteiger partial charge in [-0.15, -0.1) is 12.1 Å². The van der Waals surface area contributed by atoms with Crippen LogP contribution < -0.4 is 18.9 Å². The van der Waals surface area contributed by atoms with Crippen molar-refractivity contribution in [3.8, 4) is 6.07 Å². The molecule has 0 unspecified atom stereocenters. The van der Waals surface area contributed by atoms with E-state index in [1.807, 2.05) is 36.4 Å². The molecule has 1 rings (SSSR count). The number of rotatable bonds is 1. The van der Waals surface area contributed by atoms with Gasteiger partial charge >= 0.3 is 18.9 Å². The van der Waals surface area contributed by atoms with Gasteiger partial charge in [0.2, 0.25) is 0 Å². The van der Waals surface area contributed by atoms with Gasteiger partial charge in [-0.3, -0.25) is 0 Å². The van der Waals surface area contributed by atoms with E-state index in [1.54, 1.807) is 0 Å². The van der Waals surface area contributed by atoms with Crippen LogP contribution in [0, 0.1) is 17.8 Å². The zero-order valence-electron chi connectivity index (χ0n) is 5.91. The number of benzene rings is 1. The molecule has 0 heterocycles. The summed E-state index contributed by atoms with van der Waals surface area (Å²) in [4.78, 5) is 0. The monoisotopic (exact) mass is 123 g/mol. The molecule has 0 aliphatic heterocycles. The van der Waals surface area contributed by atoms with Crippen molar-refractivity contribution in [3.05, 3.63) is 42.3 Å². The first-order chi connectivity index (χ1) is 4.43. The normalized spacial score (nSPS) is 7.10. The van der Waals surface area contributed by atoms with E-state index in [-0.39, 0.29) is 18.9 Å². The maximum atomic E-state index is 8.21. The third-order valence-electron chi connectivity index (χ3n) is 1.03. The Morgan fingerprint density at radius 3 is 2.30 bits per heavy atom. The van der Waals surface area contributed by atoms with E-state index in [4.69, 9.17) is 5.26 Å². The summed E-state index contributed by atoms with van der Waals surface area (Å²) < 4.78 is 0. The average molecular weight is 123 g/mol. The van der Waals surface area contributed by atoms with E-state index in [9.17, 15) is 0 Å². The minimum atomic E-state index is 0. The molecule has 0 fully saturated rings. The Hall–Kier alpha value is -0.823. The maximum Gasteiger partial charge on any atom is 1.00 e. The standard InChI is InChI=1S/C8H6N.Li/c9-7-6-8-4-2-1-3-5-8;/h1-6H;/q-1;+1. The van der Waals surface area contributed by atoms with Gasteiger partial charge in [0.1, 0.15) is 0 Å². The predicted molar refractivity (Wildman–Crippen MR) is 35.5 cm³/mol. The van der Waals surface area contributed by atoms with Crippen molar-refractivity contribution in [2.45, 2.75) is 0 Å². The Kier molecular flexibility index (Phi) is 4.59. The molecule has 1 nitrogen and oxygen atoms in total. The second-order valence-electron chi connectivity index (χ2n) is 1.68. The van der Waals surface area contributed by atoms with Crippen LogP contribution in [-0.4, -0.2) is 0 Å². The fourth-order valence-corrected chi connectivity index (χ4v) is 0.624. The van der Waals surface area contributed by atoms with Crippen molar-refractivity contribution < 1.29 is 18.9 Å². The molecule has 1 aromatic rings. The molecule has 1 aromatic carbocycles. The first-order valence-electron chi connectivity index (χ1n) is 2.71. The molecule has 0 amide bonds. The topological polar surface area (TPSA) is 23.8 Å². The van der Waals surface area contributed by atoms with Crippen LogP contribution in [0.4, 0.5) is 0 Å². The molecular formula is C8H6LiN. The largest absolute Gasteiger partial charge is 1.00 e. The Balaban J connectivity index is 0.000000810. The summed E-state index contributed by atoms with van der Waals surface area (Å²) in [7, 11) is 0. The molecule has 0 N–H and O–H groups in total. The van der Waals surface area contributed by atoms with E-state index < -0.39 is 0 Å². The van der Waals surface area contributed by atoms with Gasteiger partial charge < -0.3 is 0 Å². The number of hydrogen-bond acceptors (Lipinski definition) is 1. The van der Waals surface area contributed by atoms with Crippen LogP contribution in [0.15, 0.2) is 30.3 Å². The van der Waals surface area contributed by atoms with Crippen molar-refractivity contribution in [2.75, 3.05) is 0 Å². The minimum Gasteiger partial charge on any atom is -0.208 e. The van der Waals surface area contributed by atoms with Crippen LogP contribution in [0.3, 0.4) is 0 Å². The second kappa shape index (κ2) is 5.00. The molecule has 0 saturated carbocycles. The Bertz CT molecular complexity index is 212. The van der Waals surface area contributed by atoms with Gasteiger partial charge in [-0.2, -0.15) is 17.7 Å². The number of nitrogens with zero attached hydrogens (tertiary/aromatic N) is 1. The quantitative estimate of drug-likeness (QED) is 0.338. The summed E-state index contributed by atoms with van der Waals surface area (Å²) in [6.45, 7) is 0. The molecule has 0 aliphatic carbocycles. The van der Waals surface area contributed by atoms with E-state index in [2.05, 4.69) is 0 Å². The van der Waals surface area contributed by atoms with Crippen LogP contribution >= 0.6 is 0 Å². The summed E-state index contributed by atoms with van der Waals surface area (Å²) in [6, 6.07) is 11.5. The average Bonchev–Trinajstić information content (AvgIpc) is 1.91. The van der Waals surface area contributed by atoms with Gasteiger partial charge in [-0.05, 0) is 0 Å². The molecule has 2 heteroatoms. The van der Waals surface area contributed by atoms with Gasteiger partial charge in [0.25, 0.3) is 0 Å². The zero-order chi connectivity index (χ0) is 6.53. The van der Waals surface area contributed by atoms with Gasteiger partial charge in [0.15, 0.2) is 0 Å². The van der Waals surface area contributed by atoms with Crippen molar-refractivity contribution in [1.82, 2.24) is 0 Å². The first-order valence-corrected chi connectivity index (χ1v) is 2.71. The number of hydrogen-bond donors (Lipinski definition) is 0. The molecule has 0 spiro atoms. The molecule has 0 saturated heterocycles. The van der Waals surface area contributed by atoms with Gasteiger partial charge in [-0.25, -0.2) is 5.26 Å². The third-order valence-corrected chi connectivity index (χ3v) is 1.03. The molecule has 0 atom stereocenters. The van der Waals surface area contributed by atoms with E-state index in [0.29, 0.717) is 0 Å². The van der Waals surface area contributed by atoms with Gasteiger partial charge in [0.05, 0.1) is 0 Å². The predicted octanol–water partition coefficient (Wildman–Crippen LogP) is -1.23. The fourth-order valence-electron chi connectivity index (χ4n) is 0.624. The van der Waals surface area contributed by atoms with Gasteiger partial charge in [0, 0.05) is 6.07 Å². The van der Waals surface area contributed by atoms with Crippen LogP contribution in [0.2, 0.25) is 0 Å². The van der Waals surface area contributed by atoms with Crippen molar-refractivity contribution in [3.63, 3.8) is 0 Å². The maximum absolute atomic E-state index is 8.21. The zero-order valence-corrected chi connectivity index (χ0v) is 5.91. The van der Waals surface area contributed by atoms with Crippen molar-refractivity contribution in [1.29, 1.82) is 5.26 Å².